The van der Waals surface area contributed by atoms with Gasteiger partial charge >= 0.3 is 12.2 Å². The van der Waals surface area contributed by atoms with Crippen molar-refractivity contribution in [2.24, 2.45) is 0 Å². The van der Waals surface area contributed by atoms with Crippen molar-refractivity contribution in [3.63, 3.8) is 0 Å². The molecule has 1 aliphatic rings. The molecule has 0 atom stereocenters. The van der Waals surface area contributed by atoms with Crippen LogP contribution >= 0.6 is 11.6 Å². The number of halogens is 1. The minimum Gasteiger partial charge on any atom is -0.444 e. The van der Waals surface area contributed by atoms with E-state index < -0.39 is 17.3 Å². The Bertz CT molecular complexity index is 980. The van der Waals surface area contributed by atoms with E-state index in [1.165, 1.54) is 4.68 Å². The van der Waals surface area contributed by atoms with E-state index in [0.717, 1.165) is 24.1 Å². The van der Waals surface area contributed by atoms with Crippen molar-refractivity contribution in [1.29, 1.82) is 0 Å². The van der Waals surface area contributed by atoms with Gasteiger partial charge in [0.25, 0.3) is 0 Å². The zero-order valence-electron chi connectivity index (χ0n) is 19.6. The van der Waals surface area contributed by atoms with Gasteiger partial charge in [-0.15, -0.1) is 0 Å². The Morgan fingerprint density at radius 3 is 2.12 bits per heavy atom. The molecule has 2 aromatic rings. The lowest BCUT2D eigenvalue weighted by atomic mass is 9.93. The quantitative estimate of drug-likeness (QED) is 0.540. The van der Waals surface area contributed by atoms with E-state index >= 15 is 0 Å². The first kappa shape index (κ1) is 24.1. The van der Waals surface area contributed by atoms with Crippen molar-refractivity contribution >= 4 is 23.8 Å². The Kier molecular flexibility index (Phi) is 6.89. The summed E-state index contributed by atoms with van der Waals surface area (Å²) in [4.78, 5) is 27.0. The first-order valence-electron chi connectivity index (χ1n) is 10.9. The Morgan fingerprint density at radius 1 is 0.969 bits per heavy atom. The van der Waals surface area contributed by atoms with Gasteiger partial charge in [-0.2, -0.15) is 9.78 Å². The summed E-state index contributed by atoms with van der Waals surface area (Å²) in [6.07, 6.45) is 0.638. The van der Waals surface area contributed by atoms with Gasteiger partial charge in [0.2, 0.25) is 0 Å². The first-order chi connectivity index (χ1) is 14.8. The highest BCUT2D eigenvalue weighted by atomic mass is 35.5. The number of hydrogen-bond acceptors (Lipinski definition) is 5. The second-order valence-corrected chi connectivity index (χ2v) is 10.5. The number of ether oxygens (including phenoxy) is 2. The van der Waals surface area contributed by atoms with Gasteiger partial charge in [0, 0.05) is 29.6 Å². The van der Waals surface area contributed by atoms with E-state index in [4.69, 9.17) is 21.1 Å². The van der Waals surface area contributed by atoms with Crippen molar-refractivity contribution in [2.75, 3.05) is 13.1 Å². The Labute approximate surface area is 194 Å². The number of carbonyl (C=O) groups excluding carboxylic acids is 2. The van der Waals surface area contributed by atoms with Gasteiger partial charge in [-0.05, 0) is 72.6 Å². The molecule has 32 heavy (non-hydrogen) atoms. The summed E-state index contributed by atoms with van der Waals surface area (Å²) in [5, 5.41) is 5.19. The third-order valence-electron chi connectivity index (χ3n) is 4.98. The fraction of sp³-hybridized carbons (Fsp3) is 0.542. The summed E-state index contributed by atoms with van der Waals surface area (Å²) in [7, 11) is 0. The molecular weight excluding hydrogens is 430 g/mol. The monoisotopic (exact) mass is 461 g/mol. The van der Waals surface area contributed by atoms with Crippen molar-refractivity contribution in [2.45, 2.75) is 71.5 Å². The highest BCUT2D eigenvalue weighted by Gasteiger charge is 2.30. The standard InChI is InChI=1S/C24H32ClN3O4/c1-23(2,3)31-21(29)27-12-10-16(11-13-27)19-15-20(17-8-7-9-18(25)14-17)28(26-19)22(30)32-24(4,5)6/h7-9,14-16H,10-13H2,1-6H3. The summed E-state index contributed by atoms with van der Waals surface area (Å²) in [5.41, 5.74) is 1.05. The van der Waals surface area contributed by atoms with E-state index in [-0.39, 0.29) is 12.0 Å². The van der Waals surface area contributed by atoms with Crippen LogP contribution < -0.4 is 0 Å². The molecule has 1 aromatic carbocycles. The third kappa shape index (κ3) is 6.25. The highest BCUT2D eigenvalue weighted by Crippen LogP contribution is 2.32. The van der Waals surface area contributed by atoms with Crippen LogP contribution in [-0.2, 0) is 9.47 Å². The number of hydrogen-bond donors (Lipinski definition) is 0. The lowest BCUT2D eigenvalue weighted by Crippen LogP contribution is -2.41. The number of rotatable bonds is 2. The summed E-state index contributed by atoms with van der Waals surface area (Å²) in [6.45, 7) is 12.2. The fourth-order valence-electron chi connectivity index (χ4n) is 3.58. The number of nitrogens with zero attached hydrogens (tertiary/aromatic N) is 3. The lowest BCUT2D eigenvalue weighted by Gasteiger charge is -2.32. The molecule has 174 valence electrons. The van der Waals surface area contributed by atoms with Gasteiger partial charge < -0.3 is 14.4 Å². The van der Waals surface area contributed by atoms with Gasteiger partial charge in [0.15, 0.2) is 0 Å². The van der Waals surface area contributed by atoms with Crippen LogP contribution in [0.25, 0.3) is 11.3 Å². The average molecular weight is 462 g/mol. The van der Waals surface area contributed by atoms with E-state index in [1.807, 2.05) is 59.7 Å². The van der Waals surface area contributed by atoms with E-state index in [9.17, 15) is 9.59 Å². The molecule has 3 rings (SSSR count). The predicted molar refractivity (Wildman–Crippen MR) is 124 cm³/mol. The molecule has 2 heterocycles. The van der Waals surface area contributed by atoms with E-state index in [0.29, 0.717) is 23.8 Å². The molecule has 1 aliphatic heterocycles. The molecule has 1 saturated heterocycles. The van der Waals surface area contributed by atoms with Crippen molar-refractivity contribution in [3.05, 3.63) is 41.0 Å². The lowest BCUT2D eigenvalue weighted by molar-refractivity contribution is 0.0204. The minimum absolute atomic E-state index is 0.121. The number of carbonyl (C=O) groups is 2. The Hall–Kier alpha value is -2.54. The van der Waals surface area contributed by atoms with Crippen molar-refractivity contribution in [1.82, 2.24) is 14.7 Å². The molecule has 8 heteroatoms. The zero-order chi connectivity index (χ0) is 23.7. The topological polar surface area (TPSA) is 73.7 Å². The minimum atomic E-state index is -0.645. The van der Waals surface area contributed by atoms with Gasteiger partial charge in [0.05, 0.1) is 11.4 Å². The maximum Gasteiger partial charge on any atom is 0.435 e. The van der Waals surface area contributed by atoms with Crippen LogP contribution in [0.15, 0.2) is 30.3 Å². The van der Waals surface area contributed by atoms with E-state index in [1.54, 1.807) is 17.0 Å². The number of piperidine rings is 1. The molecule has 0 bridgehead atoms. The molecule has 7 nitrogen and oxygen atoms in total. The van der Waals surface area contributed by atoms with E-state index in [2.05, 4.69) is 5.10 Å². The molecule has 0 N–H and O–H groups in total. The van der Waals surface area contributed by atoms with Gasteiger partial charge in [-0.25, -0.2) is 9.59 Å². The second-order valence-electron chi connectivity index (χ2n) is 10.1. The van der Waals surface area contributed by atoms with Crippen molar-refractivity contribution in [3.8, 4) is 11.3 Å². The Balaban J connectivity index is 1.83. The van der Waals surface area contributed by atoms with Crippen LogP contribution in [0.3, 0.4) is 0 Å². The molecule has 0 unspecified atom stereocenters. The molecule has 0 radical (unpaired) electrons. The fourth-order valence-corrected chi connectivity index (χ4v) is 3.77. The molecule has 1 fully saturated rings. The molecule has 0 aliphatic carbocycles. The van der Waals surface area contributed by atoms with Crippen LogP contribution in [0, 0.1) is 0 Å². The summed E-state index contributed by atoms with van der Waals surface area (Å²) < 4.78 is 12.4. The molecular formula is C24H32ClN3O4. The largest absolute Gasteiger partial charge is 0.444 e. The molecule has 0 saturated carbocycles. The second kappa shape index (κ2) is 9.14. The maximum atomic E-state index is 12.9. The number of benzene rings is 1. The number of likely N-dealkylation sites (tertiary alicyclic amines) is 1. The highest BCUT2D eigenvalue weighted by molar-refractivity contribution is 6.30. The van der Waals surface area contributed by atoms with Crippen LogP contribution in [0.4, 0.5) is 9.59 Å². The average Bonchev–Trinajstić information content (AvgIpc) is 3.11. The van der Waals surface area contributed by atoms with Crippen LogP contribution in [0.1, 0.15) is 66.0 Å². The first-order valence-corrected chi connectivity index (χ1v) is 11.3. The van der Waals surface area contributed by atoms with Gasteiger partial charge in [-0.1, -0.05) is 23.7 Å². The summed E-state index contributed by atoms with van der Waals surface area (Å²) in [6, 6.07) is 9.23. The van der Waals surface area contributed by atoms with Gasteiger partial charge in [-0.3, -0.25) is 0 Å². The predicted octanol–water partition coefficient (Wildman–Crippen LogP) is 6.10. The van der Waals surface area contributed by atoms with Crippen molar-refractivity contribution < 1.29 is 19.1 Å². The SMILES string of the molecule is CC(C)(C)OC(=O)N1CCC(c2cc(-c3cccc(Cl)c3)n(C(=O)OC(C)(C)C)n2)CC1. The zero-order valence-corrected chi connectivity index (χ0v) is 20.4. The summed E-state index contributed by atoms with van der Waals surface area (Å²) >= 11 is 6.18. The van der Waals surface area contributed by atoms with Crippen LogP contribution in [0.2, 0.25) is 5.02 Å². The van der Waals surface area contributed by atoms with Crippen LogP contribution in [-0.4, -0.2) is 51.2 Å². The smallest absolute Gasteiger partial charge is 0.435 e. The number of amides is 1. The molecule has 1 aromatic heterocycles. The molecule has 0 spiro atoms. The third-order valence-corrected chi connectivity index (χ3v) is 5.22. The molecule has 1 amide bonds. The Morgan fingerprint density at radius 2 is 1.56 bits per heavy atom. The summed E-state index contributed by atoms with van der Waals surface area (Å²) in [5.74, 6) is 0.121. The van der Waals surface area contributed by atoms with Crippen LogP contribution in [0.5, 0.6) is 0 Å². The normalized spacial score (nSPS) is 15.5. The number of aromatic nitrogens is 2. The van der Waals surface area contributed by atoms with Gasteiger partial charge in [0.1, 0.15) is 11.2 Å². The maximum absolute atomic E-state index is 12.9.